The third kappa shape index (κ3) is 1.15. The first-order valence-corrected chi connectivity index (χ1v) is 6.21. The van der Waals surface area contributed by atoms with Crippen molar-refractivity contribution in [3.05, 3.63) is 12.7 Å². The second-order valence-electron chi connectivity index (χ2n) is 5.66. The molecule has 2 aliphatic heterocycles. The Bertz CT molecular complexity index is 319. The molecule has 0 bridgehead atoms. The minimum atomic E-state index is 0.0926. The van der Waals surface area contributed by atoms with Crippen molar-refractivity contribution < 1.29 is 9.53 Å². The monoisotopic (exact) mass is 221 g/mol. The van der Waals surface area contributed by atoms with Gasteiger partial charge in [0.05, 0.1) is 13.2 Å². The molecule has 3 nitrogen and oxygen atoms in total. The fourth-order valence-electron chi connectivity index (χ4n) is 4.01. The van der Waals surface area contributed by atoms with Crippen LogP contribution in [0.5, 0.6) is 0 Å². The molecule has 0 N–H and O–H groups in total. The normalized spacial score (nSPS) is 41.6. The molecule has 0 aromatic carbocycles. The van der Waals surface area contributed by atoms with E-state index in [1.165, 1.54) is 31.8 Å². The van der Waals surface area contributed by atoms with Crippen molar-refractivity contribution in [3.63, 3.8) is 0 Å². The minimum Gasteiger partial charge on any atom is -0.380 e. The first kappa shape index (κ1) is 10.3. The molecule has 2 saturated heterocycles. The van der Waals surface area contributed by atoms with E-state index >= 15 is 0 Å². The first-order valence-electron chi connectivity index (χ1n) is 6.21. The molecule has 1 amide bonds. The van der Waals surface area contributed by atoms with Crippen molar-refractivity contribution in [2.45, 2.75) is 25.7 Å². The maximum atomic E-state index is 11.7. The van der Waals surface area contributed by atoms with Gasteiger partial charge in [0.2, 0.25) is 5.91 Å². The summed E-state index contributed by atoms with van der Waals surface area (Å²) in [6.45, 7) is 7.07. The third-order valence-electron chi connectivity index (χ3n) is 4.92. The average Bonchev–Trinajstić information content (AvgIpc) is 2.80. The molecular weight excluding hydrogens is 202 g/mol. The number of amides is 1. The van der Waals surface area contributed by atoms with E-state index in [2.05, 4.69) is 6.58 Å². The zero-order valence-corrected chi connectivity index (χ0v) is 9.71. The van der Waals surface area contributed by atoms with E-state index in [-0.39, 0.29) is 16.7 Å². The van der Waals surface area contributed by atoms with Gasteiger partial charge in [0.25, 0.3) is 0 Å². The van der Waals surface area contributed by atoms with Crippen LogP contribution in [0.15, 0.2) is 12.7 Å². The minimum absolute atomic E-state index is 0.0926. The topological polar surface area (TPSA) is 29.5 Å². The van der Waals surface area contributed by atoms with E-state index in [0.717, 1.165) is 26.3 Å². The van der Waals surface area contributed by atoms with Gasteiger partial charge >= 0.3 is 0 Å². The summed E-state index contributed by atoms with van der Waals surface area (Å²) in [6, 6.07) is 0. The largest absolute Gasteiger partial charge is 0.380 e. The van der Waals surface area contributed by atoms with Gasteiger partial charge in [0.15, 0.2) is 0 Å². The summed E-state index contributed by atoms with van der Waals surface area (Å²) in [5.41, 5.74) is 0.536. The standard InChI is InChI=1S/C13H19NO2/c1-2-11(15)14-7-12-5-3-4-6-13(12,8-14)10-16-9-12/h2H,1,3-10H2. The smallest absolute Gasteiger partial charge is 0.245 e. The Morgan fingerprint density at radius 2 is 1.75 bits per heavy atom. The molecule has 0 aromatic rings. The van der Waals surface area contributed by atoms with Gasteiger partial charge in [-0.1, -0.05) is 19.4 Å². The van der Waals surface area contributed by atoms with Crippen molar-refractivity contribution in [1.82, 2.24) is 4.90 Å². The molecule has 1 aliphatic carbocycles. The van der Waals surface area contributed by atoms with Gasteiger partial charge in [-0.2, -0.15) is 0 Å². The van der Waals surface area contributed by atoms with E-state index in [9.17, 15) is 4.79 Å². The molecule has 16 heavy (non-hydrogen) atoms. The maximum Gasteiger partial charge on any atom is 0.245 e. The zero-order valence-electron chi connectivity index (χ0n) is 9.71. The lowest BCUT2D eigenvalue weighted by molar-refractivity contribution is -0.126. The Labute approximate surface area is 96.4 Å². The number of carbonyl (C=O) groups is 1. The molecule has 88 valence electrons. The molecule has 3 heteroatoms. The van der Waals surface area contributed by atoms with Gasteiger partial charge in [-0.15, -0.1) is 0 Å². The van der Waals surface area contributed by atoms with E-state index in [0.29, 0.717) is 0 Å². The van der Waals surface area contributed by atoms with Crippen LogP contribution >= 0.6 is 0 Å². The number of carbonyl (C=O) groups excluding carboxylic acids is 1. The van der Waals surface area contributed by atoms with Crippen molar-refractivity contribution in [3.8, 4) is 0 Å². The highest BCUT2D eigenvalue weighted by molar-refractivity contribution is 5.87. The quantitative estimate of drug-likeness (QED) is 0.629. The van der Waals surface area contributed by atoms with E-state index in [1.807, 2.05) is 4.90 Å². The Hall–Kier alpha value is -0.830. The summed E-state index contributed by atoms with van der Waals surface area (Å²) in [4.78, 5) is 13.7. The predicted molar refractivity (Wildman–Crippen MR) is 60.9 cm³/mol. The predicted octanol–water partition coefficient (Wildman–Crippen LogP) is 1.59. The second-order valence-corrected chi connectivity index (χ2v) is 5.66. The molecule has 0 aromatic heterocycles. The first-order chi connectivity index (χ1) is 7.71. The molecule has 2 heterocycles. The molecule has 2 unspecified atom stereocenters. The number of likely N-dealkylation sites (tertiary alicyclic amines) is 1. The van der Waals surface area contributed by atoms with Crippen LogP contribution in [0, 0.1) is 10.8 Å². The van der Waals surface area contributed by atoms with Crippen LogP contribution < -0.4 is 0 Å². The summed E-state index contributed by atoms with van der Waals surface area (Å²) in [5, 5.41) is 0. The molecular formula is C13H19NO2. The van der Waals surface area contributed by atoms with Crippen LogP contribution in [0.3, 0.4) is 0 Å². The van der Waals surface area contributed by atoms with Crippen LogP contribution in [-0.2, 0) is 9.53 Å². The maximum absolute atomic E-state index is 11.7. The molecule has 3 fully saturated rings. The van der Waals surface area contributed by atoms with Crippen LogP contribution in [0.2, 0.25) is 0 Å². The SMILES string of the molecule is C=CC(=O)N1CC23CCCCC2(COC3)C1. The highest BCUT2D eigenvalue weighted by Gasteiger charge is 2.62. The van der Waals surface area contributed by atoms with Crippen LogP contribution in [0.1, 0.15) is 25.7 Å². The fourth-order valence-corrected chi connectivity index (χ4v) is 4.01. The van der Waals surface area contributed by atoms with Gasteiger partial charge in [-0.05, 0) is 18.9 Å². The van der Waals surface area contributed by atoms with Gasteiger partial charge < -0.3 is 9.64 Å². The Morgan fingerprint density at radius 3 is 2.25 bits per heavy atom. The van der Waals surface area contributed by atoms with E-state index in [4.69, 9.17) is 4.74 Å². The Kier molecular flexibility index (Phi) is 2.15. The van der Waals surface area contributed by atoms with Crippen LogP contribution in [-0.4, -0.2) is 37.1 Å². The lowest BCUT2D eigenvalue weighted by Crippen LogP contribution is -2.42. The highest BCUT2D eigenvalue weighted by Crippen LogP contribution is 2.59. The van der Waals surface area contributed by atoms with Crippen molar-refractivity contribution in [2.75, 3.05) is 26.3 Å². The Balaban J connectivity index is 1.91. The van der Waals surface area contributed by atoms with E-state index < -0.39 is 0 Å². The van der Waals surface area contributed by atoms with Gasteiger partial charge in [0, 0.05) is 23.9 Å². The van der Waals surface area contributed by atoms with Crippen molar-refractivity contribution in [1.29, 1.82) is 0 Å². The summed E-state index contributed by atoms with van der Waals surface area (Å²) >= 11 is 0. The molecule has 0 radical (unpaired) electrons. The molecule has 1 saturated carbocycles. The Morgan fingerprint density at radius 1 is 1.19 bits per heavy atom. The molecule has 3 rings (SSSR count). The second kappa shape index (κ2) is 3.33. The number of hydrogen-bond donors (Lipinski definition) is 0. The molecule has 3 aliphatic rings. The lowest BCUT2D eigenvalue weighted by atomic mass is 9.60. The van der Waals surface area contributed by atoms with Crippen molar-refractivity contribution in [2.24, 2.45) is 10.8 Å². The van der Waals surface area contributed by atoms with Gasteiger partial charge in [0.1, 0.15) is 0 Å². The number of hydrogen-bond acceptors (Lipinski definition) is 2. The fraction of sp³-hybridized carbons (Fsp3) is 0.769. The van der Waals surface area contributed by atoms with Crippen LogP contribution in [0.25, 0.3) is 0 Å². The summed E-state index contributed by atoms with van der Waals surface area (Å²) < 4.78 is 5.74. The summed E-state index contributed by atoms with van der Waals surface area (Å²) in [6.07, 6.45) is 6.49. The van der Waals surface area contributed by atoms with Crippen LogP contribution in [0.4, 0.5) is 0 Å². The average molecular weight is 221 g/mol. The van der Waals surface area contributed by atoms with Gasteiger partial charge in [-0.3, -0.25) is 4.79 Å². The summed E-state index contributed by atoms with van der Waals surface area (Å²) in [7, 11) is 0. The number of ether oxygens (including phenoxy) is 1. The number of rotatable bonds is 1. The van der Waals surface area contributed by atoms with Gasteiger partial charge in [-0.25, -0.2) is 0 Å². The lowest BCUT2D eigenvalue weighted by Gasteiger charge is -2.41. The van der Waals surface area contributed by atoms with Crippen molar-refractivity contribution >= 4 is 5.91 Å². The molecule has 0 spiro atoms. The number of nitrogens with zero attached hydrogens (tertiary/aromatic N) is 1. The highest BCUT2D eigenvalue weighted by atomic mass is 16.5. The molecule has 2 atom stereocenters. The third-order valence-corrected chi connectivity index (χ3v) is 4.92. The van der Waals surface area contributed by atoms with E-state index in [1.54, 1.807) is 0 Å². The zero-order chi connectivity index (χ0) is 11.2. The summed E-state index contributed by atoms with van der Waals surface area (Å²) in [5.74, 6) is 0.0926.